The number of hydrogen-bond acceptors (Lipinski definition) is 3. The Morgan fingerprint density at radius 2 is 1.90 bits per heavy atom. The molecule has 0 spiro atoms. The molecule has 1 aliphatic heterocycles. The Hall–Kier alpha value is -0.610. The minimum absolute atomic E-state index is 0.174. The molecule has 4 heteroatoms. The van der Waals surface area contributed by atoms with Crippen LogP contribution in [0.2, 0.25) is 0 Å². The number of piperidine rings is 1. The molecular formula is C16H33N3O. The van der Waals surface area contributed by atoms with E-state index in [9.17, 15) is 4.79 Å². The Morgan fingerprint density at radius 3 is 2.40 bits per heavy atom. The molecule has 118 valence electrons. The van der Waals surface area contributed by atoms with Gasteiger partial charge in [-0.2, -0.15) is 0 Å². The normalized spacial score (nSPS) is 18.5. The molecule has 0 atom stereocenters. The van der Waals surface area contributed by atoms with Crippen molar-refractivity contribution in [2.75, 3.05) is 19.6 Å². The third kappa shape index (κ3) is 6.23. The van der Waals surface area contributed by atoms with Gasteiger partial charge in [-0.25, -0.2) is 0 Å². The maximum Gasteiger partial charge on any atom is 0.220 e. The molecule has 1 heterocycles. The monoisotopic (exact) mass is 283 g/mol. The second-order valence-corrected chi connectivity index (χ2v) is 7.17. The first-order valence-electron chi connectivity index (χ1n) is 8.07. The van der Waals surface area contributed by atoms with Gasteiger partial charge in [0.25, 0.3) is 0 Å². The number of carbonyl (C=O) groups is 1. The zero-order valence-electron chi connectivity index (χ0n) is 13.7. The molecule has 0 saturated carbocycles. The Bertz CT molecular complexity index is 294. The first kappa shape index (κ1) is 17.4. The van der Waals surface area contributed by atoms with Crippen molar-refractivity contribution in [1.82, 2.24) is 10.2 Å². The summed E-state index contributed by atoms with van der Waals surface area (Å²) in [5.41, 5.74) is 5.78. The molecule has 0 aliphatic carbocycles. The van der Waals surface area contributed by atoms with E-state index in [1.165, 1.54) is 0 Å². The van der Waals surface area contributed by atoms with Gasteiger partial charge in [-0.05, 0) is 51.5 Å². The second-order valence-electron chi connectivity index (χ2n) is 7.17. The molecule has 1 rings (SSSR count). The number of nitrogens with zero attached hydrogens (tertiary/aromatic N) is 1. The van der Waals surface area contributed by atoms with Gasteiger partial charge < -0.3 is 16.0 Å². The lowest BCUT2D eigenvalue weighted by Crippen LogP contribution is -2.46. The summed E-state index contributed by atoms with van der Waals surface area (Å²) in [6, 6.07) is 0.985. The summed E-state index contributed by atoms with van der Waals surface area (Å²) in [6.07, 6.45) is 4.68. The van der Waals surface area contributed by atoms with Gasteiger partial charge in [-0.1, -0.05) is 13.8 Å². The molecule has 1 saturated heterocycles. The van der Waals surface area contributed by atoms with Crippen LogP contribution in [0.4, 0.5) is 0 Å². The molecule has 0 aromatic carbocycles. The van der Waals surface area contributed by atoms with Crippen molar-refractivity contribution in [1.29, 1.82) is 0 Å². The molecular weight excluding hydrogens is 250 g/mol. The first-order valence-corrected chi connectivity index (χ1v) is 8.07. The zero-order valence-corrected chi connectivity index (χ0v) is 13.7. The number of hydrogen-bond donors (Lipinski definition) is 2. The molecule has 0 unspecified atom stereocenters. The summed E-state index contributed by atoms with van der Waals surface area (Å²) < 4.78 is 0. The van der Waals surface area contributed by atoms with Crippen LogP contribution in [0.5, 0.6) is 0 Å². The summed E-state index contributed by atoms with van der Waals surface area (Å²) in [5.74, 6) is 0.207. The van der Waals surface area contributed by atoms with E-state index in [1.54, 1.807) is 0 Å². The summed E-state index contributed by atoms with van der Waals surface area (Å²) in [7, 11) is 0. The average Bonchev–Trinajstić information content (AvgIpc) is 2.37. The number of amides is 1. The summed E-state index contributed by atoms with van der Waals surface area (Å²) in [6.45, 7) is 11.7. The summed E-state index contributed by atoms with van der Waals surface area (Å²) in [4.78, 5) is 14.5. The first-order chi connectivity index (χ1) is 9.34. The predicted octanol–water partition coefficient (Wildman–Crippen LogP) is 2.13. The van der Waals surface area contributed by atoms with Crippen LogP contribution >= 0.6 is 0 Å². The minimum Gasteiger partial charge on any atom is -0.353 e. The Morgan fingerprint density at radius 1 is 1.30 bits per heavy atom. The van der Waals surface area contributed by atoms with E-state index in [-0.39, 0.29) is 11.3 Å². The molecule has 1 aliphatic rings. The van der Waals surface area contributed by atoms with E-state index in [0.717, 1.165) is 38.8 Å². The molecule has 0 bridgehead atoms. The van der Waals surface area contributed by atoms with Gasteiger partial charge in [-0.15, -0.1) is 0 Å². The predicted molar refractivity (Wildman–Crippen MR) is 84.6 cm³/mol. The molecule has 3 N–H and O–H groups in total. The lowest BCUT2D eigenvalue weighted by Gasteiger charge is -2.35. The Balaban J connectivity index is 2.24. The fourth-order valence-corrected chi connectivity index (χ4v) is 2.83. The highest BCUT2D eigenvalue weighted by Gasteiger charge is 2.23. The van der Waals surface area contributed by atoms with Gasteiger partial charge in [0.2, 0.25) is 5.91 Å². The maximum absolute atomic E-state index is 12.0. The second kappa shape index (κ2) is 7.99. The van der Waals surface area contributed by atoms with E-state index in [1.807, 2.05) is 0 Å². The smallest absolute Gasteiger partial charge is 0.220 e. The van der Waals surface area contributed by atoms with Crippen LogP contribution < -0.4 is 11.1 Å². The summed E-state index contributed by atoms with van der Waals surface area (Å²) >= 11 is 0. The summed E-state index contributed by atoms with van der Waals surface area (Å²) in [5, 5.41) is 3.20. The average molecular weight is 283 g/mol. The molecule has 0 aromatic rings. The lowest BCUT2D eigenvalue weighted by molar-refractivity contribution is -0.122. The van der Waals surface area contributed by atoms with Crippen molar-refractivity contribution in [3.05, 3.63) is 0 Å². The molecule has 0 radical (unpaired) electrons. The highest BCUT2D eigenvalue weighted by atomic mass is 16.1. The van der Waals surface area contributed by atoms with Crippen LogP contribution in [0.25, 0.3) is 0 Å². The molecule has 20 heavy (non-hydrogen) atoms. The van der Waals surface area contributed by atoms with Crippen LogP contribution in [0.1, 0.15) is 59.8 Å². The van der Waals surface area contributed by atoms with E-state index in [2.05, 4.69) is 37.9 Å². The number of nitrogens with two attached hydrogens (primary N) is 1. The number of carbonyl (C=O) groups excluding carboxylic acids is 1. The quantitative estimate of drug-likeness (QED) is 0.752. The van der Waals surface area contributed by atoms with Crippen molar-refractivity contribution < 1.29 is 4.79 Å². The molecule has 1 fully saturated rings. The minimum atomic E-state index is 0.174. The van der Waals surface area contributed by atoms with Crippen LogP contribution in [-0.2, 0) is 4.79 Å². The van der Waals surface area contributed by atoms with Crippen molar-refractivity contribution in [3.63, 3.8) is 0 Å². The van der Waals surface area contributed by atoms with E-state index < -0.39 is 0 Å². The van der Waals surface area contributed by atoms with Gasteiger partial charge in [0, 0.05) is 31.6 Å². The van der Waals surface area contributed by atoms with Crippen molar-refractivity contribution in [2.24, 2.45) is 11.1 Å². The fourth-order valence-electron chi connectivity index (χ4n) is 2.83. The fraction of sp³-hybridized carbons (Fsp3) is 0.938. The molecule has 4 nitrogen and oxygen atoms in total. The molecule has 1 amide bonds. The van der Waals surface area contributed by atoms with Crippen LogP contribution in [0.3, 0.4) is 0 Å². The third-order valence-corrected chi connectivity index (χ3v) is 4.47. The van der Waals surface area contributed by atoms with Gasteiger partial charge in [0.1, 0.15) is 0 Å². The van der Waals surface area contributed by atoms with Crippen molar-refractivity contribution >= 4 is 5.91 Å². The van der Waals surface area contributed by atoms with Crippen molar-refractivity contribution in [2.45, 2.75) is 71.9 Å². The largest absolute Gasteiger partial charge is 0.353 e. The highest BCUT2D eigenvalue weighted by Crippen LogP contribution is 2.25. The third-order valence-electron chi connectivity index (χ3n) is 4.47. The van der Waals surface area contributed by atoms with Gasteiger partial charge in [0.05, 0.1) is 0 Å². The standard InChI is InChI=1S/C16H33N3O/c1-13(2)19-11-6-14(7-12-19)18-15(20)5-8-16(3,4)9-10-17/h13-14H,5-12,17H2,1-4H3,(H,18,20). The number of likely N-dealkylation sites (tertiary alicyclic amines) is 1. The van der Waals surface area contributed by atoms with Gasteiger partial charge in [-0.3, -0.25) is 4.79 Å². The Labute approximate surface area is 124 Å². The lowest BCUT2D eigenvalue weighted by atomic mass is 9.84. The van der Waals surface area contributed by atoms with Gasteiger partial charge in [0.15, 0.2) is 0 Å². The van der Waals surface area contributed by atoms with Crippen molar-refractivity contribution in [3.8, 4) is 0 Å². The van der Waals surface area contributed by atoms with Crippen LogP contribution in [0.15, 0.2) is 0 Å². The molecule has 0 aromatic heterocycles. The SMILES string of the molecule is CC(C)N1CCC(NC(=O)CCC(C)(C)CCN)CC1. The van der Waals surface area contributed by atoms with E-state index in [4.69, 9.17) is 5.73 Å². The maximum atomic E-state index is 12.0. The topological polar surface area (TPSA) is 58.4 Å². The van der Waals surface area contributed by atoms with E-state index >= 15 is 0 Å². The number of nitrogens with one attached hydrogen (secondary N) is 1. The van der Waals surface area contributed by atoms with E-state index in [0.29, 0.717) is 25.0 Å². The number of rotatable bonds is 7. The Kier molecular flexibility index (Phi) is 6.96. The zero-order chi connectivity index (χ0) is 15.2. The highest BCUT2D eigenvalue weighted by molar-refractivity contribution is 5.76. The van der Waals surface area contributed by atoms with Crippen LogP contribution in [-0.4, -0.2) is 42.5 Å². The van der Waals surface area contributed by atoms with Crippen LogP contribution in [0, 0.1) is 5.41 Å². The van der Waals surface area contributed by atoms with Gasteiger partial charge >= 0.3 is 0 Å².